The Labute approximate surface area is 175 Å². The van der Waals surface area contributed by atoms with E-state index in [9.17, 15) is 14.7 Å². The van der Waals surface area contributed by atoms with E-state index in [4.69, 9.17) is 0 Å². The molecule has 2 atom stereocenters. The summed E-state index contributed by atoms with van der Waals surface area (Å²) in [6.07, 6.45) is 0. The molecule has 3 aromatic carbocycles. The number of hydrogen-bond donors (Lipinski definition) is 1. The molecule has 5 rings (SSSR count). The number of fused-ring (bicyclic) bond motifs is 2. The molecule has 0 bridgehead atoms. The van der Waals surface area contributed by atoms with E-state index >= 15 is 0 Å². The summed E-state index contributed by atoms with van der Waals surface area (Å²) < 4.78 is 0. The fourth-order valence-corrected chi connectivity index (χ4v) is 4.94. The highest BCUT2D eigenvalue weighted by Gasteiger charge is 2.67. The number of para-hydroxylation sites is 2. The number of carbonyl (C=O) groups is 2. The number of carbonyl (C=O) groups excluding carboxylic acids is 2. The molecule has 2 unspecified atom stereocenters. The lowest BCUT2D eigenvalue weighted by molar-refractivity contribution is -0.151. The third-order valence-corrected chi connectivity index (χ3v) is 6.58. The zero-order chi connectivity index (χ0) is 21.1. The molecule has 150 valence electrons. The lowest BCUT2D eigenvalue weighted by Gasteiger charge is -2.37. The van der Waals surface area contributed by atoms with Crippen molar-refractivity contribution < 1.29 is 14.7 Å². The fraction of sp³-hybridized carbons (Fsp3) is 0.200. The van der Waals surface area contributed by atoms with Gasteiger partial charge in [0.2, 0.25) is 5.91 Å². The van der Waals surface area contributed by atoms with Crippen molar-refractivity contribution in [1.82, 2.24) is 0 Å². The van der Waals surface area contributed by atoms with Crippen LogP contribution in [0, 0.1) is 0 Å². The number of amides is 2. The topological polar surface area (TPSA) is 60.9 Å². The molecule has 5 heteroatoms. The SMILES string of the molecule is CN1C(=O)C(C)(C2(O)C(=O)N(Cc3ccccc3)c3ccccc32)c2ccccc21. The second-order valence-electron chi connectivity index (χ2n) is 8.11. The molecule has 0 saturated heterocycles. The smallest absolute Gasteiger partial charge is 0.265 e. The lowest BCUT2D eigenvalue weighted by Crippen LogP contribution is -2.58. The molecule has 1 N–H and O–H groups in total. The number of nitrogens with zero attached hydrogens (tertiary/aromatic N) is 2. The van der Waals surface area contributed by atoms with Gasteiger partial charge < -0.3 is 14.9 Å². The van der Waals surface area contributed by atoms with Crippen molar-refractivity contribution in [2.24, 2.45) is 0 Å². The summed E-state index contributed by atoms with van der Waals surface area (Å²) in [5.41, 5.74) is -0.0187. The minimum atomic E-state index is -2.00. The van der Waals surface area contributed by atoms with E-state index in [1.54, 1.807) is 31.0 Å². The summed E-state index contributed by atoms with van der Waals surface area (Å²) in [7, 11) is 1.68. The van der Waals surface area contributed by atoms with Crippen LogP contribution in [0.2, 0.25) is 0 Å². The van der Waals surface area contributed by atoms with Crippen LogP contribution < -0.4 is 9.80 Å². The first kappa shape index (κ1) is 18.6. The number of rotatable bonds is 3. The molecule has 0 aromatic heterocycles. The molecule has 0 aliphatic carbocycles. The predicted octanol–water partition coefficient (Wildman–Crippen LogP) is 3.36. The van der Waals surface area contributed by atoms with Gasteiger partial charge in [0.15, 0.2) is 5.60 Å². The second kappa shape index (κ2) is 6.28. The monoisotopic (exact) mass is 398 g/mol. The van der Waals surface area contributed by atoms with Crippen molar-refractivity contribution in [3.05, 3.63) is 95.6 Å². The Hall–Kier alpha value is -3.44. The minimum Gasteiger partial charge on any atom is -0.374 e. The zero-order valence-electron chi connectivity index (χ0n) is 16.9. The van der Waals surface area contributed by atoms with Crippen molar-refractivity contribution in [3.8, 4) is 0 Å². The molecular weight excluding hydrogens is 376 g/mol. The van der Waals surface area contributed by atoms with Gasteiger partial charge in [0.1, 0.15) is 5.41 Å². The van der Waals surface area contributed by atoms with E-state index < -0.39 is 16.9 Å². The van der Waals surface area contributed by atoms with Gasteiger partial charge in [0.05, 0.1) is 12.2 Å². The molecule has 0 spiro atoms. The Morgan fingerprint density at radius 3 is 2.03 bits per heavy atom. The normalized spacial score (nSPS) is 24.9. The van der Waals surface area contributed by atoms with E-state index in [-0.39, 0.29) is 5.91 Å². The maximum atomic E-state index is 13.8. The summed E-state index contributed by atoms with van der Waals surface area (Å²) in [5.74, 6) is -0.774. The summed E-state index contributed by atoms with van der Waals surface area (Å²) in [6, 6.07) is 24.2. The Morgan fingerprint density at radius 2 is 1.33 bits per heavy atom. The Bertz CT molecular complexity index is 1180. The van der Waals surface area contributed by atoms with Crippen LogP contribution in [0.1, 0.15) is 23.6 Å². The van der Waals surface area contributed by atoms with Crippen LogP contribution in [0.5, 0.6) is 0 Å². The van der Waals surface area contributed by atoms with Crippen molar-refractivity contribution in [2.75, 3.05) is 16.8 Å². The molecule has 0 saturated carbocycles. The molecule has 2 heterocycles. The first-order valence-electron chi connectivity index (χ1n) is 9.96. The van der Waals surface area contributed by atoms with Gasteiger partial charge in [-0.05, 0) is 30.2 Å². The van der Waals surface area contributed by atoms with E-state index in [2.05, 4.69) is 0 Å². The van der Waals surface area contributed by atoms with Crippen LogP contribution >= 0.6 is 0 Å². The summed E-state index contributed by atoms with van der Waals surface area (Å²) in [5, 5.41) is 12.1. The molecule has 0 fully saturated rings. The van der Waals surface area contributed by atoms with Crippen LogP contribution in [-0.2, 0) is 27.1 Å². The van der Waals surface area contributed by atoms with Gasteiger partial charge >= 0.3 is 0 Å². The average Bonchev–Trinajstić information content (AvgIpc) is 3.13. The first-order valence-corrected chi connectivity index (χ1v) is 9.96. The van der Waals surface area contributed by atoms with Crippen LogP contribution in [0.3, 0.4) is 0 Å². The van der Waals surface area contributed by atoms with Gasteiger partial charge in [-0.15, -0.1) is 0 Å². The number of hydrogen-bond acceptors (Lipinski definition) is 3. The summed E-state index contributed by atoms with van der Waals surface area (Å²) in [4.78, 5) is 30.5. The fourth-order valence-electron chi connectivity index (χ4n) is 4.94. The highest BCUT2D eigenvalue weighted by atomic mass is 16.3. The quantitative estimate of drug-likeness (QED) is 0.736. The molecule has 0 radical (unpaired) electrons. The number of benzene rings is 3. The van der Waals surface area contributed by atoms with Crippen LogP contribution in [-0.4, -0.2) is 24.0 Å². The van der Waals surface area contributed by atoms with Crippen LogP contribution in [0.4, 0.5) is 11.4 Å². The average molecular weight is 398 g/mol. The minimum absolute atomic E-state index is 0.295. The molecule has 2 aliphatic rings. The van der Waals surface area contributed by atoms with E-state index in [1.165, 1.54) is 4.90 Å². The molecule has 2 aliphatic heterocycles. The molecule has 2 amide bonds. The van der Waals surface area contributed by atoms with Gasteiger partial charge in [0.25, 0.3) is 5.91 Å². The largest absolute Gasteiger partial charge is 0.374 e. The zero-order valence-corrected chi connectivity index (χ0v) is 16.9. The van der Waals surface area contributed by atoms with Gasteiger partial charge in [-0.3, -0.25) is 9.59 Å². The van der Waals surface area contributed by atoms with Crippen molar-refractivity contribution >= 4 is 23.2 Å². The highest BCUT2D eigenvalue weighted by molar-refractivity contribution is 6.17. The molecule has 30 heavy (non-hydrogen) atoms. The standard InChI is InChI=1S/C25H22N2O3/c1-24(18-12-6-8-14-20(18)26(2)22(24)28)25(30)19-13-7-9-15-21(19)27(23(25)29)16-17-10-4-3-5-11-17/h3-15,30H,16H2,1-2H3. The van der Waals surface area contributed by atoms with Crippen LogP contribution in [0.25, 0.3) is 0 Å². The lowest BCUT2D eigenvalue weighted by atomic mass is 9.66. The highest BCUT2D eigenvalue weighted by Crippen LogP contribution is 2.56. The predicted molar refractivity (Wildman–Crippen MR) is 115 cm³/mol. The van der Waals surface area contributed by atoms with Crippen LogP contribution in [0.15, 0.2) is 78.9 Å². The molecular formula is C25H22N2O3. The third-order valence-electron chi connectivity index (χ3n) is 6.58. The van der Waals surface area contributed by atoms with Gasteiger partial charge in [-0.1, -0.05) is 66.7 Å². The molecule has 3 aromatic rings. The van der Waals surface area contributed by atoms with Gasteiger partial charge in [0, 0.05) is 18.3 Å². The maximum Gasteiger partial charge on any atom is 0.265 e. The Morgan fingerprint density at radius 1 is 0.767 bits per heavy atom. The van der Waals surface area contributed by atoms with Gasteiger partial charge in [-0.2, -0.15) is 0 Å². The van der Waals surface area contributed by atoms with Crippen molar-refractivity contribution in [3.63, 3.8) is 0 Å². The number of anilines is 2. The first-order chi connectivity index (χ1) is 14.4. The maximum absolute atomic E-state index is 13.8. The van der Waals surface area contributed by atoms with E-state index in [0.717, 1.165) is 5.56 Å². The Kier molecular flexibility index (Phi) is 3.89. The summed E-state index contributed by atoms with van der Waals surface area (Å²) in [6.45, 7) is 2.00. The summed E-state index contributed by atoms with van der Waals surface area (Å²) >= 11 is 0. The van der Waals surface area contributed by atoms with E-state index in [0.29, 0.717) is 29.0 Å². The Balaban J connectivity index is 1.71. The number of likely N-dealkylation sites (N-methyl/N-ethyl adjacent to an activating group) is 1. The van der Waals surface area contributed by atoms with Gasteiger partial charge in [-0.25, -0.2) is 0 Å². The molecule has 5 nitrogen and oxygen atoms in total. The number of aliphatic hydroxyl groups is 1. The van der Waals surface area contributed by atoms with E-state index in [1.807, 2.05) is 66.7 Å². The second-order valence-corrected chi connectivity index (χ2v) is 8.11. The van der Waals surface area contributed by atoms with Crippen molar-refractivity contribution in [2.45, 2.75) is 24.5 Å². The third kappa shape index (κ3) is 2.15. The van der Waals surface area contributed by atoms with Crippen molar-refractivity contribution in [1.29, 1.82) is 0 Å².